The second-order valence-electron chi connectivity index (χ2n) is 5.01. The average Bonchev–Trinajstić information content (AvgIpc) is 2.52. The first-order valence-corrected chi connectivity index (χ1v) is 7.60. The summed E-state index contributed by atoms with van der Waals surface area (Å²) in [7, 11) is 0. The van der Waals surface area contributed by atoms with Crippen LogP contribution in [0.15, 0.2) is 30.3 Å². The number of ether oxygens (including phenoxy) is 1. The monoisotopic (exact) mass is 288 g/mol. The van der Waals surface area contributed by atoms with Crippen molar-refractivity contribution in [3.63, 3.8) is 0 Å². The summed E-state index contributed by atoms with van der Waals surface area (Å²) < 4.78 is 5.31. The van der Waals surface area contributed by atoms with E-state index in [9.17, 15) is 4.79 Å². The van der Waals surface area contributed by atoms with Crippen molar-refractivity contribution in [3.8, 4) is 6.07 Å². The van der Waals surface area contributed by atoms with Gasteiger partial charge in [0.2, 0.25) is 0 Å². The molecular formula is C17H24N2O2. The topological polar surface area (TPSA) is 53.3 Å². The van der Waals surface area contributed by atoms with Crippen LogP contribution in [0.5, 0.6) is 0 Å². The van der Waals surface area contributed by atoms with Gasteiger partial charge >= 0.3 is 6.09 Å². The van der Waals surface area contributed by atoms with Gasteiger partial charge in [0, 0.05) is 19.5 Å². The first-order chi connectivity index (χ1) is 10.2. The number of carbonyl (C=O) groups excluding carboxylic acids is 1. The minimum absolute atomic E-state index is 0.377. The van der Waals surface area contributed by atoms with E-state index in [0.29, 0.717) is 19.5 Å². The van der Waals surface area contributed by atoms with Crippen molar-refractivity contribution < 1.29 is 9.53 Å². The molecule has 0 aromatic heterocycles. The number of nitriles is 1. The summed E-state index contributed by atoms with van der Waals surface area (Å²) in [4.78, 5) is 13.7. The molecule has 1 aromatic rings. The van der Waals surface area contributed by atoms with Crippen LogP contribution in [-0.4, -0.2) is 30.2 Å². The van der Waals surface area contributed by atoms with Crippen molar-refractivity contribution in [2.75, 3.05) is 13.1 Å². The van der Waals surface area contributed by atoms with Crippen molar-refractivity contribution in [3.05, 3.63) is 35.9 Å². The second-order valence-corrected chi connectivity index (χ2v) is 5.01. The number of benzene rings is 1. The van der Waals surface area contributed by atoms with E-state index in [0.717, 1.165) is 24.8 Å². The van der Waals surface area contributed by atoms with Gasteiger partial charge in [0.25, 0.3) is 0 Å². The van der Waals surface area contributed by atoms with Crippen molar-refractivity contribution in [1.82, 2.24) is 4.90 Å². The first-order valence-electron chi connectivity index (χ1n) is 7.60. The molecule has 0 bridgehead atoms. The molecule has 0 N–H and O–H groups in total. The van der Waals surface area contributed by atoms with E-state index in [1.165, 1.54) is 0 Å². The maximum atomic E-state index is 12.1. The van der Waals surface area contributed by atoms with E-state index in [4.69, 9.17) is 10.00 Å². The highest BCUT2D eigenvalue weighted by Crippen LogP contribution is 2.09. The molecule has 0 radical (unpaired) electrons. The molecule has 1 aromatic carbocycles. The van der Waals surface area contributed by atoms with Gasteiger partial charge in [0.1, 0.15) is 6.07 Å². The van der Waals surface area contributed by atoms with Crippen LogP contribution in [0, 0.1) is 11.3 Å². The van der Waals surface area contributed by atoms with Gasteiger partial charge < -0.3 is 9.64 Å². The van der Waals surface area contributed by atoms with Gasteiger partial charge in [-0.25, -0.2) is 4.79 Å². The Morgan fingerprint density at radius 3 is 2.38 bits per heavy atom. The zero-order valence-electron chi connectivity index (χ0n) is 12.9. The predicted molar refractivity (Wildman–Crippen MR) is 82.8 cm³/mol. The molecule has 0 heterocycles. The molecule has 0 aliphatic carbocycles. The number of carbonyl (C=O) groups is 1. The highest BCUT2D eigenvalue weighted by Gasteiger charge is 2.18. The fourth-order valence-corrected chi connectivity index (χ4v) is 2.12. The number of hydrogen-bond acceptors (Lipinski definition) is 3. The molecule has 21 heavy (non-hydrogen) atoms. The molecule has 0 fully saturated rings. The molecule has 0 aliphatic rings. The van der Waals surface area contributed by atoms with Crippen molar-refractivity contribution in [2.24, 2.45) is 0 Å². The van der Waals surface area contributed by atoms with E-state index >= 15 is 0 Å². The summed E-state index contributed by atoms with van der Waals surface area (Å²) in [6, 6.07) is 12.0. The van der Waals surface area contributed by atoms with Crippen molar-refractivity contribution in [1.29, 1.82) is 5.26 Å². The summed E-state index contributed by atoms with van der Waals surface area (Å²) in [5.74, 6) is 0. The molecule has 0 spiro atoms. The Bertz CT molecular complexity index is 448. The standard InChI is InChI=1S/C17H24N2O2/c1-3-12-19(13-4-2)17(20)21-16(14-18)11-10-15-8-6-5-7-9-15/h5-9,16H,3-4,10-13H2,1-2H3/t16-/m0/s1. The largest absolute Gasteiger partial charge is 0.431 e. The number of amides is 1. The molecular weight excluding hydrogens is 264 g/mol. The summed E-state index contributed by atoms with van der Waals surface area (Å²) in [5.41, 5.74) is 1.15. The molecule has 114 valence electrons. The minimum Gasteiger partial charge on any atom is -0.431 e. The lowest BCUT2D eigenvalue weighted by Gasteiger charge is -2.22. The molecule has 0 saturated heterocycles. The quantitative estimate of drug-likeness (QED) is 0.731. The predicted octanol–water partition coefficient (Wildman–Crippen LogP) is 3.77. The Labute approximate surface area is 127 Å². The maximum Gasteiger partial charge on any atom is 0.411 e. The van der Waals surface area contributed by atoms with Crippen LogP contribution in [0.2, 0.25) is 0 Å². The highest BCUT2D eigenvalue weighted by molar-refractivity contribution is 5.68. The molecule has 0 unspecified atom stereocenters. The van der Waals surface area contributed by atoms with Gasteiger partial charge in [-0.15, -0.1) is 0 Å². The third-order valence-electron chi connectivity index (χ3n) is 3.17. The van der Waals surface area contributed by atoms with E-state index in [1.54, 1.807) is 4.90 Å². The van der Waals surface area contributed by atoms with E-state index < -0.39 is 6.10 Å². The van der Waals surface area contributed by atoms with Crippen LogP contribution >= 0.6 is 0 Å². The minimum atomic E-state index is -0.686. The number of rotatable bonds is 8. The number of hydrogen-bond donors (Lipinski definition) is 0. The lowest BCUT2D eigenvalue weighted by molar-refractivity contribution is 0.0796. The van der Waals surface area contributed by atoms with Crippen LogP contribution in [0.1, 0.15) is 38.7 Å². The van der Waals surface area contributed by atoms with Gasteiger partial charge in [-0.3, -0.25) is 0 Å². The third kappa shape index (κ3) is 6.31. The van der Waals surface area contributed by atoms with Crippen molar-refractivity contribution in [2.45, 2.75) is 45.6 Å². The molecule has 1 amide bonds. The Morgan fingerprint density at radius 1 is 1.24 bits per heavy atom. The molecule has 1 atom stereocenters. The SMILES string of the molecule is CCCN(CCC)C(=O)O[C@H](C#N)CCc1ccccc1. The lowest BCUT2D eigenvalue weighted by Crippen LogP contribution is -2.35. The van der Waals surface area contributed by atoms with Crippen LogP contribution in [0.3, 0.4) is 0 Å². The first kappa shape index (κ1) is 17.0. The van der Waals surface area contributed by atoms with Crippen LogP contribution in [0.25, 0.3) is 0 Å². The smallest absolute Gasteiger partial charge is 0.411 e. The van der Waals surface area contributed by atoms with Gasteiger partial charge in [-0.05, 0) is 24.8 Å². The third-order valence-corrected chi connectivity index (χ3v) is 3.17. The van der Waals surface area contributed by atoms with E-state index in [1.807, 2.05) is 44.2 Å². The summed E-state index contributed by atoms with van der Waals surface area (Å²) in [6.45, 7) is 5.38. The Morgan fingerprint density at radius 2 is 1.86 bits per heavy atom. The fraction of sp³-hybridized carbons (Fsp3) is 0.529. The van der Waals surface area contributed by atoms with Crippen LogP contribution in [0.4, 0.5) is 4.79 Å². The van der Waals surface area contributed by atoms with Gasteiger partial charge in [-0.2, -0.15) is 5.26 Å². The Balaban J connectivity index is 2.49. The zero-order chi connectivity index (χ0) is 15.5. The normalized spacial score (nSPS) is 11.5. The number of nitrogens with zero attached hydrogens (tertiary/aromatic N) is 2. The van der Waals surface area contributed by atoms with Crippen LogP contribution in [-0.2, 0) is 11.2 Å². The van der Waals surface area contributed by atoms with E-state index in [-0.39, 0.29) is 6.09 Å². The van der Waals surface area contributed by atoms with Crippen molar-refractivity contribution >= 4 is 6.09 Å². The Hall–Kier alpha value is -2.02. The van der Waals surface area contributed by atoms with Gasteiger partial charge in [0.15, 0.2) is 6.10 Å². The fourth-order valence-electron chi connectivity index (χ4n) is 2.12. The maximum absolute atomic E-state index is 12.1. The summed E-state index contributed by atoms with van der Waals surface area (Å²) in [6.07, 6.45) is 1.96. The molecule has 0 aliphatic heterocycles. The molecule has 4 heteroatoms. The van der Waals surface area contributed by atoms with E-state index in [2.05, 4.69) is 6.07 Å². The Kier molecular flexibility index (Phi) is 7.96. The molecule has 4 nitrogen and oxygen atoms in total. The second kappa shape index (κ2) is 9.82. The van der Waals surface area contributed by atoms with Crippen LogP contribution < -0.4 is 0 Å². The average molecular weight is 288 g/mol. The van der Waals surface area contributed by atoms with Gasteiger partial charge in [-0.1, -0.05) is 44.2 Å². The molecule has 1 rings (SSSR count). The summed E-state index contributed by atoms with van der Waals surface area (Å²) in [5, 5.41) is 9.15. The zero-order valence-corrected chi connectivity index (χ0v) is 12.9. The lowest BCUT2D eigenvalue weighted by atomic mass is 10.1. The van der Waals surface area contributed by atoms with Gasteiger partial charge in [0.05, 0.1) is 0 Å². The number of aryl methyl sites for hydroxylation is 1. The molecule has 0 saturated carbocycles. The highest BCUT2D eigenvalue weighted by atomic mass is 16.6. The summed E-state index contributed by atoms with van der Waals surface area (Å²) >= 11 is 0.